The molecule has 0 saturated heterocycles. The van der Waals surface area contributed by atoms with E-state index in [1.54, 1.807) is 19.2 Å². The molecule has 0 fully saturated rings. The minimum Gasteiger partial charge on any atom is -0.497 e. The van der Waals surface area contributed by atoms with Gasteiger partial charge in [0, 0.05) is 11.8 Å². The van der Waals surface area contributed by atoms with E-state index in [1.165, 1.54) is 0 Å². The number of amides is 2. The number of aryl methyl sites for hydroxylation is 2. The van der Waals surface area contributed by atoms with Crippen LogP contribution < -0.4 is 15.4 Å². The van der Waals surface area contributed by atoms with Crippen molar-refractivity contribution in [1.82, 2.24) is 10.2 Å². The molecule has 0 bridgehead atoms. The molecule has 0 atom stereocenters. The molecule has 6 nitrogen and oxygen atoms in total. The first-order valence-electron chi connectivity index (χ1n) is 5.84. The third-order valence-corrected chi connectivity index (χ3v) is 2.69. The van der Waals surface area contributed by atoms with Gasteiger partial charge in [-0.25, -0.2) is 4.79 Å². The van der Waals surface area contributed by atoms with Crippen molar-refractivity contribution in [3.8, 4) is 5.75 Å². The lowest BCUT2D eigenvalue weighted by Gasteiger charge is -2.08. The molecule has 1 heterocycles. The van der Waals surface area contributed by atoms with Crippen molar-refractivity contribution >= 4 is 17.4 Å². The van der Waals surface area contributed by atoms with Gasteiger partial charge in [0.2, 0.25) is 0 Å². The number of nitrogens with zero attached hydrogens (tertiary/aromatic N) is 1. The fourth-order valence-electron chi connectivity index (χ4n) is 1.71. The van der Waals surface area contributed by atoms with Crippen molar-refractivity contribution in [1.29, 1.82) is 0 Å². The lowest BCUT2D eigenvalue weighted by atomic mass is 10.3. The van der Waals surface area contributed by atoms with Crippen LogP contribution in [0.3, 0.4) is 0 Å². The number of benzene rings is 1. The number of aromatic amines is 1. The van der Waals surface area contributed by atoms with Gasteiger partial charge in [0.05, 0.1) is 24.2 Å². The summed E-state index contributed by atoms with van der Waals surface area (Å²) >= 11 is 0. The van der Waals surface area contributed by atoms with Gasteiger partial charge in [0.15, 0.2) is 0 Å². The Bertz CT molecular complexity index is 573. The molecule has 2 amide bonds. The molecule has 0 saturated carbocycles. The second-order valence-electron chi connectivity index (χ2n) is 4.12. The van der Waals surface area contributed by atoms with E-state index in [0.717, 1.165) is 11.4 Å². The van der Waals surface area contributed by atoms with E-state index in [-0.39, 0.29) is 6.03 Å². The van der Waals surface area contributed by atoms with Crippen LogP contribution >= 0.6 is 0 Å². The van der Waals surface area contributed by atoms with E-state index in [0.29, 0.717) is 17.1 Å². The summed E-state index contributed by atoms with van der Waals surface area (Å²) in [6.45, 7) is 3.67. The third kappa shape index (κ3) is 3.04. The summed E-state index contributed by atoms with van der Waals surface area (Å²) in [6, 6.07) is 6.84. The summed E-state index contributed by atoms with van der Waals surface area (Å²) < 4.78 is 5.09. The molecular weight excluding hydrogens is 244 g/mol. The number of H-pyrrole nitrogens is 1. The zero-order valence-electron chi connectivity index (χ0n) is 11.1. The number of hydrogen-bond acceptors (Lipinski definition) is 3. The monoisotopic (exact) mass is 260 g/mol. The molecule has 0 spiro atoms. The Labute approximate surface area is 111 Å². The number of ether oxygens (including phenoxy) is 1. The van der Waals surface area contributed by atoms with Crippen molar-refractivity contribution in [3.63, 3.8) is 0 Å². The maximum absolute atomic E-state index is 11.9. The Balaban J connectivity index is 2.05. The first kappa shape index (κ1) is 12.9. The van der Waals surface area contributed by atoms with E-state index >= 15 is 0 Å². The van der Waals surface area contributed by atoms with Crippen LogP contribution in [0.4, 0.5) is 16.2 Å². The average Bonchev–Trinajstić information content (AvgIpc) is 2.71. The zero-order chi connectivity index (χ0) is 13.8. The maximum atomic E-state index is 11.9. The third-order valence-electron chi connectivity index (χ3n) is 2.69. The molecule has 1 aromatic carbocycles. The van der Waals surface area contributed by atoms with E-state index < -0.39 is 0 Å². The fraction of sp³-hybridized carbons (Fsp3) is 0.231. The Morgan fingerprint density at radius 3 is 2.74 bits per heavy atom. The van der Waals surface area contributed by atoms with Crippen molar-refractivity contribution in [2.45, 2.75) is 13.8 Å². The van der Waals surface area contributed by atoms with Gasteiger partial charge >= 0.3 is 6.03 Å². The van der Waals surface area contributed by atoms with E-state index in [2.05, 4.69) is 20.8 Å². The molecule has 0 aliphatic carbocycles. The van der Waals surface area contributed by atoms with Crippen molar-refractivity contribution < 1.29 is 9.53 Å². The van der Waals surface area contributed by atoms with Crippen molar-refractivity contribution in [2.24, 2.45) is 0 Å². The number of hydrogen-bond donors (Lipinski definition) is 3. The normalized spacial score (nSPS) is 10.1. The second kappa shape index (κ2) is 5.43. The van der Waals surface area contributed by atoms with Gasteiger partial charge in [-0.05, 0) is 26.0 Å². The molecule has 2 rings (SSSR count). The number of nitrogens with one attached hydrogen (secondary N) is 3. The topological polar surface area (TPSA) is 79.0 Å². The highest BCUT2D eigenvalue weighted by Crippen LogP contribution is 2.19. The summed E-state index contributed by atoms with van der Waals surface area (Å²) in [5.41, 5.74) is 2.92. The highest BCUT2D eigenvalue weighted by molar-refractivity contribution is 6.00. The van der Waals surface area contributed by atoms with E-state index in [9.17, 15) is 4.79 Å². The maximum Gasteiger partial charge on any atom is 0.323 e. The number of aromatic nitrogens is 2. The van der Waals surface area contributed by atoms with Gasteiger partial charge in [0.25, 0.3) is 0 Å². The number of rotatable bonds is 3. The van der Waals surface area contributed by atoms with Crippen LogP contribution in [0.25, 0.3) is 0 Å². The molecule has 2 aromatic rings. The minimum atomic E-state index is -0.319. The number of anilines is 2. The second-order valence-corrected chi connectivity index (χ2v) is 4.12. The highest BCUT2D eigenvalue weighted by Gasteiger charge is 2.10. The predicted molar refractivity (Wildman–Crippen MR) is 73.7 cm³/mol. The summed E-state index contributed by atoms with van der Waals surface area (Å²) in [7, 11) is 1.58. The van der Waals surface area contributed by atoms with E-state index in [1.807, 2.05) is 26.0 Å². The quantitative estimate of drug-likeness (QED) is 0.793. The number of carbonyl (C=O) groups is 1. The first-order chi connectivity index (χ1) is 9.10. The van der Waals surface area contributed by atoms with Gasteiger partial charge in [0.1, 0.15) is 5.75 Å². The van der Waals surface area contributed by atoms with Gasteiger partial charge in [-0.2, -0.15) is 5.10 Å². The molecule has 19 heavy (non-hydrogen) atoms. The number of urea groups is 1. The van der Waals surface area contributed by atoms with Crippen LogP contribution in [-0.4, -0.2) is 23.3 Å². The van der Waals surface area contributed by atoms with Gasteiger partial charge in [-0.3, -0.25) is 5.10 Å². The summed E-state index contributed by atoms with van der Waals surface area (Å²) in [5.74, 6) is 0.688. The molecule has 6 heteroatoms. The van der Waals surface area contributed by atoms with Gasteiger partial charge in [-0.1, -0.05) is 6.07 Å². The van der Waals surface area contributed by atoms with E-state index in [4.69, 9.17) is 4.74 Å². The fourth-order valence-corrected chi connectivity index (χ4v) is 1.71. The van der Waals surface area contributed by atoms with Crippen LogP contribution in [-0.2, 0) is 0 Å². The SMILES string of the molecule is COc1cccc(NC(=O)Nc2c(C)n[nH]c2C)c1. The molecule has 0 unspecified atom stereocenters. The molecule has 0 radical (unpaired) electrons. The molecule has 0 aliphatic heterocycles. The minimum absolute atomic E-state index is 0.319. The number of carbonyl (C=O) groups excluding carboxylic acids is 1. The molecule has 100 valence electrons. The largest absolute Gasteiger partial charge is 0.497 e. The zero-order valence-corrected chi connectivity index (χ0v) is 11.1. The Morgan fingerprint density at radius 2 is 2.11 bits per heavy atom. The van der Waals surface area contributed by atoms with Gasteiger partial charge in [-0.15, -0.1) is 0 Å². The molecular formula is C13H16N4O2. The van der Waals surface area contributed by atoms with Crippen LogP contribution in [0, 0.1) is 13.8 Å². The van der Waals surface area contributed by atoms with Gasteiger partial charge < -0.3 is 15.4 Å². The molecule has 3 N–H and O–H groups in total. The Kier molecular flexibility index (Phi) is 3.70. The van der Waals surface area contributed by atoms with Crippen LogP contribution in [0.15, 0.2) is 24.3 Å². The predicted octanol–water partition coefficient (Wildman–Crippen LogP) is 2.68. The van der Waals surface area contributed by atoms with Crippen molar-refractivity contribution in [2.75, 3.05) is 17.7 Å². The summed E-state index contributed by atoms with van der Waals surface area (Å²) in [5, 5.41) is 12.3. The van der Waals surface area contributed by atoms with Crippen LogP contribution in [0.5, 0.6) is 5.75 Å². The lowest BCUT2D eigenvalue weighted by Crippen LogP contribution is -2.20. The number of methoxy groups -OCH3 is 1. The smallest absolute Gasteiger partial charge is 0.323 e. The van der Waals surface area contributed by atoms with Crippen LogP contribution in [0.1, 0.15) is 11.4 Å². The Morgan fingerprint density at radius 1 is 1.32 bits per heavy atom. The average molecular weight is 260 g/mol. The van der Waals surface area contributed by atoms with Crippen molar-refractivity contribution in [3.05, 3.63) is 35.7 Å². The summed E-state index contributed by atoms with van der Waals surface area (Å²) in [4.78, 5) is 11.9. The summed E-state index contributed by atoms with van der Waals surface area (Å²) in [6.07, 6.45) is 0. The Hall–Kier alpha value is -2.50. The lowest BCUT2D eigenvalue weighted by molar-refractivity contribution is 0.262. The molecule has 0 aliphatic rings. The highest BCUT2D eigenvalue weighted by atomic mass is 16.5. The standard InChI is InChI=1S/C13H16N4O2/c1-8-12(9(2)17-16-8)15-13(18)14-10-5-4-6-11(7-10)19-3/h4-7H,1-3H3,(H,16,17)(H2,14,15,18). The first-order valence-corrected chi connectivity index (χ1v) is 5.84. The van der Waals surface area contributed by atoms with Crippen LogP contribution in [0.2, 0.25) is 0 Å². The molecule has 1 aromatic heterocycles.